The molecule has 142 valence electrons. The minimum Gasteiger partial charge on any atom is -0.497 e. The van der Waals surface area contributed by atoms with Crippen LogP contribution >= 0.6 is 0 Å². The van der Waals surface area contributed by atoms with Crippen LogP contribution in [-0.2, 0) is 15.8 Å². The van der Waals surface area contributed by atoms with Gasteiger partial charge in [-0.3, -0.25) is 9.59 Å². The third-order valence-electron chi connectivity index (χ3n) is 3.31. The van der Waals surface area contributed by atoms with Crippen LogP contribution in [0.5, 0.6) is 5.75 Å². The van der Waals surface area contributed by atoms with E-state index >= 15 is 0 Å². The number of halogens is 3. The van der Waals surface area contributed by atoms with Crippen LogP contribution in [0.4, 0.5) is 18.9 Å². The molecule has 0 aliphatic heterocycles. The summed E-state index contributed by atoms with van der Waals surface area (Å²) in [5, 5.41) is 5.95. The van der Waals surface area contributed by atoms with Crippen LogP contribution in [0.3, 0.4) is 0 Å². The SMILES string of the molecule is COc1ccc(C=NNC(=O)CC(=O)Nc2cccc(C(F)(F)F)c2)cc1. The molecule has 2 rings (SSSR count). The number of hydrogen-bond donors (Lipinski definition) is 2. The van der Waals surface area contributed by atoms with E-state index in [4.69, 9.17) is 4.74 Å². The van der Waals surface area contributed by atoms with Gasteiger partial charge in [0.1, 0.15) is 12.2 Å². The van der Waals surface area contributed by atoms with Crippen molar-refractivity contribution < 1.29 is 27.5 Å². The average molecular weight is 379 g/mol. The van der Waals surface area contributed by atoms with E-state index in [1.807, 2.05) is 0 Å². The Morgan fingerprint density at radius 2 is 1.81 bits per heavy atom. The molecule has 0 heterocycles. The second kappa shape index (κ2) is 8.84. The van der Waals surface area contributed by atoms with Crippen LogP contribution in [0, 0.1) is 0 Å². The third kappa shape index (κ3) is 6.46. The van der Waals surface area contributed by atoms with Crippen molar-refractivity contribution in [2.45, 2.75) is 12.6 Å². The molecule has 0 radical (unpaired) electrons. The van der Waals surface area contributed by atoms with Gasteiger partial charge in [-0.05, 0) is 48.0 Å². The summed E-state index contributed by atoms with van der Waals surface area (Å²) in [5.74, 6) is -0.793. The molecule has 0 aromatic heterocycles. The van der Waals surface area contributed by atoms with Gasteiger partial charge in [0.2, 0.25) is 11.8 Å². The monoisotopic (exact) mass is 379 g/mol. The molecule has 0 bridgehead atoms. The van der Waals surface area contributed by atoms with E-state index in [2.05, 4.69) is 15.8 Å². The standard InChI is InChI=1S/C18H16F3N3O3/c1-27-15-7-5-12(6-8-15)11-22-24-17(26)10-16(25)23-14-4-2-3-13(9-14)18(19,20)21/h2-9,11H,10H2,1H3,(H,23,25)(H,24,26). The Balaban J connectivity index is 1.84. The molecule has 0 aliphatic carbocycles. The number of amides is 2. The molecular weight excluding hydrogens is 363 g/mol. The number of nitrogens with zero attached hydrogens (tertiary/aromatic N) is 1. The number of ether oxygens (including phenoxy) is 1. The zero-order valence-corrected chi connectivity index (χ0v) is 14.2. The number of carbonyl (C=O) groups is 2. The van der Waals surface area contributed by atoms with Crippen molar-refractivity contribution in [3.8, 4) is 5.75 Å². The Kier molecular flexibility index (Phi) is 6.53. The summed E-state index contributed by atoms with van der Waals surface area (Å²) in [6.07, 6.45) is -3.73. The van der Waals surface area contributed by atoms with E-state index in [0.29, 0.717) is 11.3 Å². The molecular formula is C18H16F3N3O3. The second-order valence-corrected chi connectivity index (χ2v) is 5.37. The Morgan fingerprint density at radius 1 is 1.11 bits per heavy atom. The van der Waals surface area contributed by atoms with Crippen LogP contribution in [-0.4, -0.2) is 25.1 Å². The summed E-state index contributed by atoms with van der Waals surface area (Å²) in [7, 11) is 1.54. The lowest BCUT2D eigenvalue weighted by Gasteiger charge is -2.09. The van der Waals surface area contributed by atoms with E-state index in [9.17, 15) is 22.8 Å². The number of rotatable bonds is 6. The van der Waals surface area contributed by atoms with Crippen LogP contribution in [0.1, 0.15) is 17.5 Å². The zero-order chi connectivity index (χ0) is 19.9. The van der Waals surface area contributed by atoms with E-state index in [1.54, 1.807) is 24.3 Å². The highest BCUT2D eigenvalue weighted by molar-refractivity contribution is 6.03. The molecule has 0 saturated carbocycles. The highest BCUT2D eigenvalue weighted by Crippen LogP contribution is 2.30. The normalized spacial score (nSPS) is 11.3. The lowest BCUT2D eigenvalue weighted by Crippen LogP contribution is -2.24. The lowest BCUT2D eigenvalue weighted by atomic mass is 10.2. The number of carbonyl (C=O) groups excluding carboxylic acids is 2. The molecule has 2 aromatic carbocycles. The molecule has 2 amide bonds. The number of alkyl halides is 3. The topological polar surface area (TPSA) is 79.8 Å². The summed E-state index contributed by atoms with van der Waals surface area (Å²) in [4.78, 5) is 23.4. The highest BCUT2D eigenvalue weighted by atomic mass is 19.4. The average Bonchev–Trinajstić information content (AvgIpc) is 2.61. The first-order valence-corrected chi connectivity index (χ1v) is 7.71. The van der Waals surface area contributed by atoms with Crippen molar-refractivity contribution in [3.63, 3.8) is 0 Å². The number of anilines is 1. The molecule has 0 unspecified atom stereocenters. The maximum absolute atomic E-state index is 12.6. The van der Waals surface area contributed by atoms with Gasteiger partial charge in [0.15, 0.2) is 0 Å². The molecule has 0 spiro atoms. The zero-order valence-electron chi connectivity index (χ0n) is 14.2. The van der Waals surface area contributed by atoms with Crippen LogP contribution in [0.25, 0.3) is 0 Å². The molecule has 0 atom stereocenters. The van der Waals surface area contributed by atoms with Gasteiger partial charge in [-0.15, -0.1) is 0 Å². The maximum atomic E-state index is 12.6. The minimum absolute atomic E-state index is 0.0515. The summed E-state index contributed by atoms with van der Waals surface area (Å²) >= 11 is 0. The predicted octanol–water partition coefficient (Wildman–Crippen LogP) is 3.19. The molecule has 0 aliphatic rings. The molecule has 6 nitrogen and oxygen atoms in total. The Morgan fingerprint density at radius 3 is 2.44 bits per heavy atom. The molecule has 9 heteroatoms. The van der Waals surface area contributed by atoms with Crippen LogP contribution in [0.15, 0.2) is 53.6 Å². The predicted molar refractivity (Wildman–Crippen MR) is 93.4 cm³/mol. The highest BCUT2D eigenvalue weighted by Gasteiger charge is 2.30. The molecule has 0 fully saturated rings. The maximum Gasteiger partial charge on any atom is 0.416 e. The lowest BCUT2D eigenvalue weighted by molar-refractivity contribution is -0.137. The fraction of sp³-hybridized carbons (Fsp3) is 0.167. The second-order valence-electron chi connectivity index (χ2n) is 5.37. The first kappa shape index (κ1) is 20.0. The summed E-state index contributed by atoms with van der Waals surface area (Å²) in [6, 6.07) is 11.0. The van der Waals surface area contributed by atoms with Gasteiger partial charge in [0.25, 0.3) is 0 Å². The first-order valence-electron chi connectivity index (χ1n) is 7.71. The van der Waals surface area contributed by atoms with E-state index in [1.165, 1.54) is 19.4 Å². The van der Waals surface area contributed by atoms with Crippen molar-refractivity contribution in [1.82, 2.24) is 5.43 Å². The molecule has 27 heavy (non-hydrogen) atoms. The Bertz CT molecular complexity index is 834. The number of nitrogens with one attached hydrogen (secondary N) is 2. The fourth-order valence-electron chi connectivity index (χ4n) is 2.03. The first-order chi connectivity index (χ1) is 12.8. The van der Waals surface area contributed by atoms with Gasteiger partial charge in [0, 0.05) is 5.69 Å². The number of hydrazone groups is 1. The number of benzene rings is 2. The summed E-state index contributed by atoms with van der Waals surface area (Å²) < 4.78 is 42.9. The van der Waals surface area contributed by atoms with Crippen molar-refractivity contribution in [1.29, 1.82) is 0 Å². The Hall–Kier alpha value is -3.36. The number of hydrogen-bond acceptors (Lipinski definition) is 4. The molecule has 2 N–H and O–H groups in total. The summed E-state index contributed by atoms with van der Waals surface area (Å²) in [5.41, 5.74) is 1.92. The van der Waals surface area contributed by atoms with Crippen LogP contribution in [0.2, 0.25) is 0 Å². The van der Waals surface area contributed by atoms with Gasteiger partial charge in [-0.2, -0.15) is 18.3 Å². The van der Waals surface area contributed by atoms with Gasteiger partial charge >= 0.3 is 6.18 Å². The third-order valence-corrected chi connectivity index (χ3v) is 3.31. The molecule has 2 aromatic rings. The largest absolute Gasteiger partial charge is 0.497 e. The van der Waals surface area contributed by atoms with Gasteiger partial charge < -0.3 is 10.1 Å². The van der Waals surface area contributed by atoms with Gasteiger partial charge in [-0.25, -0.2) is 5.43 Å². The summed E-state index contributed by atoms with van der Waals surface area (Å²) in [6.45, 7) is 0. The van der Waals surface area contributed by atoms with Crippen molar-refractivity contribution in [2.75, 3.05) is 12.4 Å². The number of methoxy groups -OCH3 is 1. The van der Waals surface area contributed by atoms with E-state index in [0.717, 1.165) is 18.2 Å². The van der Waals surface area contributed by atoms with E-state index in [-0.39, 0.29) is 5.69 Å². The quantitative estimate of drug-likeness (QED) is 0.460. The fourth-order valence-corrected chi connectivity index (χ4v) is 2.03. The van der Waals surface area contributed by atoms with Crippen molar-refractivity contribution in [3.05, 3.63) is 59.7 Å². The van der Waals surface area contributed by atoms with Gasteiger partial charge in [0.05, 0.1) is 18.9 Å². The minimum atomic E-state index is -4.52. The van der Waals surface area contributed by atoms with E-state index < -0.39 is 30.0 Å². The molecule has 0 saturated heterocycles. The smallest absolute Gasteiger partial charge is 0.416 e. The van der Waals surface area contributed by atoms with Crippen molar-refractivity contribution in [2.24, 2.45) is 5.10 Å². The van der Waals surface area contributed by atoms with Crippen molar-refractivity contribution >= 4 is 23.7 Å². The Labute approximate surface area is 153 Å². The van der Waals surface area contributed by atoms with Crippen LogP contribution < -0.4 is 15.5 Å². The van der Waals surface area contributed by atoms with Gasteiger partial charge in [-0.1, -0.05) is 6.07 Å².